The van der Waals surface area contributed by atoms with Crippen LogP contribution in [0.15, 0.2) is 6.20 Å². The second-order valence-electron chi connectivity index (χ2n) is 2.16. The Morgan fingerprint density at radius 1 is 1.56 bits per heavy atom. The third kappa shape index (κ3) is 1.45. The summed E-state index contributed by atoms with van der Waals surface area (Å²) < 4.78 is 0. The first kappa shape index (κ1) is 6.13. The molecule has 3 heteroatoms. The first-order chi connectivity index (χ1) is 4.30. The van der Waals surface area contributed by atoms with Crippen LogP contribution >= 0.6 is 0 Å². The molecule has 0 bridgehead atoms. The normalized spacial score (nSPS) is 10.1. The fraction of sp³-hybridized carbons (Fsp3) is 0.500. The monoisotopic (exact) mass is 122 g/mol. The van der Waals surface area contributed by atoms with E-state index in [2.05, 4.69) is 35.5 Å². The van der Waals surface area contributed by atoms with Gasteiger partial charge < -0.3 is 0 Å². The van der Waals surface area contributed by atoms with Crippen molar-refractivity contribution in [3.8, 4) is 0 Å². The number of rotatable bonds is 1. The van der Waals surface area contributed by atoms with Gasteiger partial charge in [0, 0.05) is 5.56 Å². The molecular weight excluding hydrogens is 114 g/mol. The molecule has 0 aliphatic carbocycles. The summed E-state index contributed by atoms with van der Waals surface area (Å²) in [5.74, 6) is 0.438. The summed E-state index contributed by atoms with van der Waals surface area (Å²) in [7, 11) is 0. The minimum Gasteiger partial charge on any atom is -0.138 e. The van der Waals surface area contributed by atoms with Gasteiger partial charge in [0.25, 0.3) is 0 Å². The zero-order valence-electron chi connectivity index (χ0n) is 5.50. The van der Waals surface area contributed by atoms with E-state index < -0.39 is 0 Å². The molecule has 0 aliphatic rings. The Kier molecular flexibility index (Phi) is 1.72. The lowest BCUT2D eigenvalue weighted by atomic mass is 10.1. The Balaban J connectivity index is 2.85. The molecule has 0 saturated carbocycles. The highest BCUT2D eigenvalue weighted by Crippen LogP contribution is 2.07. The molecule has 0 aliphatic heterocycles. The van der Waals surface area contributed by atoms with Gasteiger partial charge >= 0.3 is 0 Å². The second-order valence-corrected chi connectivity index (χ2v) is 2.16. The van der Waals surface area contributed by atoms with Crippen LogP contribution in [0.4, 0.5) is 0 Å². The SMILES string of the molecule is CC(C)c1[c]nnnc1. The molecule has 0 amide bonds. The van der Waals surface area contributed by atoms with Gasteiger partial charge in [-0.2, -0.15) is 0 Å². The van der Waals surface area contributed by atoms with Crippen molar-refractivity contribution in [3.05, 3.63) is 18.0 Å². The molecule has 1 rings (SSSR count). The van der Waals surface area contributed by atoms with Gasteiger partial charge in [-0.1, -0.05) is 13.8 Å². The van der Waals surface area contributed by atoms with Crippen LogP contribution in [0.3, 0.4) is 0 Å². The number of nitrogens with zero attached hydrogens (tertiary/aromatic N) is 3. The van der Waals surface area contributed by atoms with Gasteiger partial charge in [0.2, 0.25) is 0 Å². The molecule has 0 spiro atoms. The van der Waals surface area contributed by atoms with Crippen molar-refractivity contribution in [3.63, 3.8) is 0 Å². The highest BCUT2D eigenvalue weighted by molar-refractivity contribution is 5.03. The Morgan fingerprint density at radius 2 is 2.33 bits per heavy atom. The van der Waals surface area contributed by atoms with Crippen LogP contribution in [0.2, 0.25) is 0 Å². The van der Waals surface area contributed by atoms with Crippen LogP contribution in [-0.4, -0.2) is 15.4 Å². The van der Waals surface area contributed by atoms with Crippen molar-refractivity contribution in [1.29, 1.82) is 0 Å². The minimum atomic E-state index is 0.438. The minimum absolute atomic E-state index is 0.438. The van der Waals surface area contributed by atoms with Crippen molar-refractivity contribution in [2.45, 2.75) is 19.8 Å². The molecule has 1 aromatic rings. The van der Waals surface area contributed by atoms with E-state index in [1.807, 2.05) is 0 Å². The Bertz CT molecular complexity index is 171. The van der Waals surface area contributed by atoms with Crippen LogP contribution in [-0.2, 0) is 0 Å². The smallest absolute Gasteiger partial charge is 0.120 e. The predicted molar refractivity (Wildman–Crippen MR) is 32.8 cm³/mol. The van der Waals surface area contributed by atoms with E-state index in [4.69, 9.17) is 0 Å². The third-order valence-electron chi connectivity index (χ3n) is 1.09. The molecule has 0 saturated heterocycles. The number of hydrogen-bond acceptors (Lipinski definition) is 3. The van der Waals surface area contributed by atoms with Gasteiger partial charge in [-0.05, 0) is 11.1 Å². The fourth-order valence-corrected chi connectivity index (χ4v) is 0.501. The standard InChI is InChI=1S/C6H8N3/c1-5(2)6-3-7-9-8-4-6/h3,5H,1-2H3. The van der Waals surface area contributed by atoms with Crippen molar-refractivity contribution < 1.29 is 0 Å². The second kappa shape index (κ2) is 2.53. The molecule has 0 aromatic carbocycles. The lowest BCUT2D eigenvalue weighted by Gasteiger charge is -1.98. The average Bonchev–Trinajstić information content (AvgIpc) is 1.90. The van der Waals surface area contributed by atoms with E-state index in [0.717, 1.165) is 5.56 Å². The number of aromatic nitrogens is 3. The first-order valence-electron chi connectivity index (χ1n) is 2.86. The Labute approximate surface area is 54.1 Å². The summed E-state index contributed by atoms with van der Waals surface area (Å²) >= 11 is 0. The van der Waals surface area contributed by atoms with Crippen molar-refractivity contribution in [2.75, 3.05) is 0 Å². The first-order valence-corrected chi connectivity index (χ1v) is 2.86. The van der Waals surface area contributed by atoms with Gasteiger partial charge in [-0.15, -0.1) is 10.2 Å². The van der Waals surface area contributed by atoms with Gasteiger partial charge in [-0.25, -0.2) is 0 Å². The molecule has 3 nitrogen and oxygen atoms in total. The van der Waals surface area contributed by atoms with E-state index >= 15 is 0 Å². The van der Waals surface area contributed by atoms with E-state index in [9.17, 15) is 0 Å². The van der Waals surface area contributed by atoms with Crippen LogP contribution in [0.1, 0.15) is 25.3 Å². The Hall–Kier alpha value is -0.990. The highest BCUT2D eigenvalue weighted by atomic mass is 15.3. The molecule has 1 heterocycles. The van der Waals surface area contributed by atoms with Gasteiger partial charge in [0.05, 0.1) is 6.20 Å². The summed E-state index contributed by atoms with van der Waals surface area (Å²) in [6.07, 6.45) is 4.42. The lowest BCUT2D eigenvalue weighted by molar-refractivity contribution is 0.781. The highest BCUT2D eigenvalue weighted by Gasteiger charge is 1.97. The average molecular weight is 122 g/mol. The van der Waals surface area contributed by atoms with Gasteiger partial charge in [0.15, 0.2) is 0 Å². The summed E-state index contributed by atoms with van der Waals surface area (Å²) in [5.41, 5.74) is 1.00. The van der Waals surface area contributed by atoms with E-state index in [1.165, 1.54) is 0 Å². The quantitative estimate of drug-likeness (QED) is 0.553. The largest absolute Gasteiger partial charge is 0.138 e. The molecule has 9 heavy (non-hydrogen) atoms. The molecule has 0 atom stereocenters. The van der Waals surface area contributed by atoms with E-state index in [-0.39, 0.29) is 0 Å². The topological polar surface area (TPSA) is 38.7 Å². The summed E-state index contributed by atoms with van der Waals surface area (Å²) in [6.45, 7) is 4.13. The maximum atomic E-state index is 3.61. The molecule has 1 radical (unpaired) electrons. The summed E-state index contributed by atoms with van der Waals surface area (Å²) in [5, 5.41) is 10.5. The summed E-state index contributed by atoms with van der Waals surface area (Å²) in [4.78, 5) is 0. The molecule has 0 unspecified atom stereocenters. The Morgan fingerprint density at radius 3 is 2.67 bits per heavy atom. The predicted octanol–water partition coefficient (Wildman–Crippen LogP) is 0.795. The molecule has 0 N–H and O–H groups in total. The summed E-state index contributed by atoms with van der Waals surface area (Å²) in [6, 6.07) is 0. The molecule has 1 aromatic heterocycles. The van der Waals surface area contributed by atoms with Crippen LogP contribution in [0.25, 0.3) is 0 Å². The lowest BCUT2D eigenvalue weighted by Crippen LogP contribution is -1.92. The van der Waals surface area contributed by atoms with Gasteiger partial charge in [-0.3, -0.25) is 0 Å². The number of hydrogen-bond donors (Lipinski definition) is 0. The molecule has 47 valence electrons. The van der Waals surface area contributed by atoms with Gasteiger partial charge in [0.1, 0.15) is 6.20 Å². The zero-order valence-corrected chi connectivity index (χ0v) is 5.50. The van der Waals surface area contributed by atoms with Crippen LogP contribution in [0.5, 0.6) is 0 Å². The molecule has 0 fully saturated rings. The third-order valence-corrected chi connectivity index (χ3v) is 1.09. The van der Waals surface area contributed by atoms with Crippen molar-refractivity contribution in [2.24, 2.45) is 0 Å². The van der Waals surface area contributed by atoms with E-state index in [1.54, 1.807) is 6.20 Å². The maximum absolute atomic E-state index is 3.61. The molecular formula is C6H8N3. The van der Waals surface area contributed by atoms with Crippen LogP contribution < -0.4 is 0 Å². The van der Waals surface area contributed by atoms with Crippen LogP contribution in [0, 0.1) is 6.20 Å². The fourth-order valence-electron chi connectivity index (χ4n) is 0.501. The zero-order chi connectivity index (χ0) is 6.69. The maximum Gasteiger partial charge on any atom is 0.120 e. The van der Waals surface area contributed by atoms with E-state index in [0.29, 0.717) is 5.92 Å². The van der Waals surface area contributed by atoms with Crippen molar-refractivity contribution in [1.82, 2.24) is 15.4 Å². The van der Waals surface area contributed by atoms with Crippen molar-refractivity contribution >= 4 is 0 Å².